The van der Waals surface area contributed by atoms with Crippen molar-refractivity contribution in [3.05, 3.63) is 125 Å². The summed E-state index contributed by atoms with van der Waals surface area (Å²) in [6, 6.07) is 20.8. The number of nitrogens with zero attached hydrogens (tertiary/aromatic N) is 3. The van der Waals surface area contributed by atoms with Gasteiger partial charge in [0.15, 0.2) is 5.71 Å². The van der Waals surface area contributed by atoms with Gasteiger partial charge in [-0.1, -0.05) is 81.0 Å². The van der Waals surface area contributed by atoms with E-state index in [0.717, 1.165) is 30.7 Å². The predicted octanol–water partition coefficient (Wildman–Crippen LogP) is 3.65. The Labute approximate surface area is 363 Å². The molecule has 3 aromatic rings. The Bertz CT molecular complexity index is 2310. The van der Waals surface area contributed by atoms with E-state index < -0.39 is 29.7 Å². The highest BCUT2D eigenvalue weighted by Gasteiger charge is 2.46. The number of ether oxygens (including phenoxy) is 1. The number of hydrogen-bond donors (Lipinski definition) is 2. The number of carbonyl (C=O) groups is 5. The molecule has 4 aliphatic rings. The second-order valence-corrected chi connectivity index (χ2v) is 16.3. The van der Waals surface area contributed by atoms with Crippen molar-refractivity contribution in [2.24, 2.45) is 0 Å². The number of carbonyl (C=O) groups excluding carboxylic acids is 5. The Morgan fingerprint density at radius 1 is 0.881 bits per heavy atom. The first kappa shape index (κ1) is 43.2. The van der Waals surface area contributed by atoms with E-state index in [-0.39, 0.29) is 83.6 Å². The molecule has 0 saturated carbocycles. The van der Waals surface area contributed by atoms with Crippen LogP contribution in [0, 0.1) is 0 Å². The van der Waals surface area contributed by atoms with Gasteiger partial charge in [0.05, 0.1) is 23.1 Å². The van der Waals surface area contributed by atoms with Gasteiger partial charge in [-0.05, 0) is 62.9 Å². The number of piperidine rings is 1. The number of para-hydroxylation sites is 2. The molecule has 4 heterocycles. The molecule has 5 amide bonds. The number of nitrogens with one attached hydrogen (secondary N) is 2. The van der Waals surface area contributed by atoms with Gasteiger partial charge in [0.25, 0.3) is 11.8 Å². The molecule has 0 aromatic heterocycles. The SMILES string of the molecule is C[N+]1=C(/C=C/C=C/C=C2/N(CCCCCC(=O)NCCOc3cccc4c3C(=O)N(C3CCC(=O)NC3=O)C4=O)c3ccccc3C2(C)C)C(C)(C)c2ccccc21.[I-]. The average Bonchev–Trinajstić information content (AvgIpc) is 3.67. The van der Waals surface area contributed by atoms with Gasteiger partial charge in [-0.2, -0.15) is 4.58 Å². The lowest BCUT2D eigenvalue weighted by Gasteiger charge is -2.27. The highest BCUT2D eigenvalue weighted by atomic mass is 127. The molecular formula is C47H52IN5O6. The van der Waals surface area contributed by atoms with Gasteiger partial charge in [-0.25, -0.2) is 0 Å². The van der Waals surface area contributed by atoms with E-state index >= 15 is 0 Å². The number of halogens is 1. The summed E-state index contributed by atoms with van der Waals surface area (Å²) in [4.78, 5) is 66.5. The number of anilines is 1. The molecule has 4 aliphatic heterocycles. The van der Waals surface area contributed by atoms with Crippen molar-refractivity contribution < 1.29 is 57.3 Å². The fourth-order valence-electron chi connectivity index (χ4n) is 8.82. The molecule has 0 aliphatic carbocycles. The van der Waals surface area contributed by atoms with Gasteiger partial charge in [0.2, 0.25) is 23.4 Å². The summed E-state index contributed by atoms with van der Waals surface area (Å²) >= 11 is 0. The smallest absolute Gasteiger partial charge is 0.266 e. The van der Waals surface area contributed by atoms with Gasteiger partial charge in [0, 0.05) is 53.9 Å². The Morgan fingerprint density at radius 3 is 2.39 bits per heavy atom. The molecule has 0 spiro atoms. The highest BCUT2D eigenvalue weighted by Crippen LogP contribution is 2.47. The lowest BCUT2D eigenvalue weighted by Crippen LogP contribution is -3.00. The van der Waals surface area contributed by atoms with Crippen LogP contribution in [0.25, 0.3) is 0 Å². The molecule has 1 fully saturated rings. The number of benzene rings is 3. The van der Waals surface area contributed by atoms with Crippen LogP contribution in [-0.2, 0) is 25.2 Å². The van der Waals surface area contributed by atoms with Crippen molar-refractivity contribution in [1.29, 1.82) is 0 Å². The van der Waals surface area contributed by atoms with Crippen LogP contribution in [0.4, 0.5) is 11.4 Å². The first-order valence-corrected chi connectivity index (χ1v) is 20.2. The number of amides is 5. The summed E-state index contributed by atoms with van der Waals surface area (Å²) in [6.45, 7) is 10.2. The second-order valence-electron chi connectivity index (χ2n) is 16.3. The first-order valence-electron chi connectivity index (χ1n) is 20.2. The van der Waals surface area contributed by atoms with Crippen LogP contribution in [0.2, 0.25) is 0 Å². The van der Waals surface area contributed by atoms with Crippen LogP contribution in [0.15, 0.2) is 103 Å². The van der Waals surface area contributed by atoms with Gasteiger partial charge in [0.1, 0.15) is 25.4 Å². The highest BCUT2D eigenvalue weighted by molar-refractivity contribution is 6.24. The summed E-state index contributed by atoms with van der Waals surface area (Å²) in [5.74, 6) is -2.21. The van der Waals surface area contributed by atoms with Crippen molar-refractivity contribution in [1.82, 2.24) is 15.5 Å². The van der Waals surface area contributed by atoms with Crippen molar-refractivity contribution in [3.63, 3.8) is 0 Å². The third-order valence-corrected chi connectivity index (χ3v) is 11.9. The Hall–Kier alpha value is -5.37. The number of fused-ring (bicyclic) bond motifs is 3. The van der Waals surface area contributed by atoms with Crippen LogP contribution >= 0.6 is 0 Å². The molecule has 3 aromatic carbocycles. The summed E-state index contributed by atoms with van der Waals surface area (Å²) in [5.41, 5.74) is 7.62. The summed E-state index contributed by atoms with van der Waals surface area (Å²) < 4.78 is 8.13. The normalized spacial score (nSPS) is 19.7. The molecule has 1 unspecified atom stereocenters. The van der Waals surface area contributed by atoms with Crippen LogP contribution < -0.4 is 44.2 Å². The van der Waals surface area contributed by atoms with Gasteiger partial charge >= 0.3 is 0 Å². The van der Waals surface area contributed by atoms with Gasteiger partial charge < -0.3 is 38.9 Å². The number of allylic oxidation sites excluding steroid dienone is 6. The minimum atomic E-state index is -1.06. The number of rotatable bonds is 14. The summed E-state index contributed by atoms with van der Waals surface area (Å²) in [7, 11) is 2.13. The maximum Gasteiger partial charge on any atom is 0.266 e. The van der Waals surface area contributed by atoms with E-state index in [1.54, 1.807) is 12.1 Å². The number of unbranched alkanes of at least 4 members (excludes halogenated alkanes) is 2. The molecule has 12 heteroatoms. The molecule has 1 saturated heterocycles. The van der Waals surface area contributed by atoms with Crippen LogP contribution in [0.1, 0.15) is 98.1 Å². The summed E-state index contributed by atoms with van der Waals surface area (Å²) in [6.07, 6.45) is 13.9. The number of hydrogen-bond acceptors (Lipinski definition) is 7. The molecule has 11 nitrogen and oxygen atoms in total. The van der Waals surface area contributed by atoms with Crippen molar-refractivity contribution in [2.75, 3.05) is 31.6 Å². The fourth-order valence-corrected chi connectivity index (χ4v) is 8.82. The quantitative estimate of drug-likeness (QED) is 0.0832. The van der Waals surface area contributed by atoms with E-state index in [1.807, 2.05) is 0 Å². The molecule has 0 bridgehead atoms. The Balaban J connectivity index is 0.00000585. The van der Waals surface area contributed by atoms with Crippen LogP contribution in [-0.4, -0.2) is 77.5 Å². The van der Waals surface area contributed by atoms with Gasteiger partial charge in [-0.15, -0.1) is 0 Å². The van der Waals surface area contributed by atoms with Crippen molar-refractivity contribution in [3.8, 4) is 5.75 Å². The standard InChI is InChI=1S/C47H51N5O6.HI/c1-46(2)32-18-11-13-20-34(32)50(5)38(46)23-8-6-9-24-39-47(3,4)33-19-12-14-21-35(33)51(39)29-15-7-10-25-40(53)48-28-30-58-37-22-16-17-31-42(37)45(57)52(44(31)56)36-26-27-41(54)49-43(36)55;/h6,8-9,11-14,16-24,36H,7,10,15,25-30H2,1-5H3,(H-,48,49,53,54,55);1H. The third kappa shape index (κ3) is 8.41. The lowest BCUT2D eigenvalue weighted by atomic mass is 9.81. The summed E-state index contributed by atoms with van der Waals surface area (Å²) in [5, 5.41) is 5.09. The maximum absolute atomic E-state index is 13.3. The van der Waals surface area contributed by atoms with E-state index in [9.17, 15) is 24.0 Å². The monoisotopic (exact) mass is 909 g/mol. The zero-order valence-electron chi connectivity index (χ0n) is 34.3. The third-order valence-electron chi connectivity index (χ3n) is 11.9. The van der Waals surface area contributed by atoms with E-state index in [1.165, 1.54) is 40.0 Å². The first-order chi connectivity index (χ1) is 27.8. The lowest BCUT2D eigenvalue weighted by molar-refractivity contribution is -0.401. The molecular weight excluding hydrogens is 857 g/mol. The van der Waals surface area contributed by atoms with E-state index in [0.29, 0.717) is 6.42 Å². The zero-order chi connectivity index (χ0) is 41.2. The van der Waals surface area contributed by atoms with E-state index in [4.69, 9.17) is 4.74 Å². The topological polar surface area (TPSA) is 128 Å². The molecule has 308 valence electrons. The van der Waals surface area contributed by atoms with Gasteiger partial charge in [-0.3, -0.25) is 34.2 Å². The second kappa shape index (κ2) is 17.9. The van der Waals surface area contributed by atoms with Crippen LogP contribution in [0.5, 0.6) is 5.75 Å². The fraction of sp³-hybridized carbons (Fsp3) is 0.362. The molecule has 59 heavy (non-hydrogen) atoms. The largest absolute Gasteiger partial charge is 1.00 e. The molecule has 0 radical (unpaired) electrons. The zero-order valence-corrected chi connectivity index (χ0v) is 36.5. The maximum atomic E-state index is 13.3. The molecule has 2 N–H and O–H groups in total. The molecule has 7 rings (SSSR count). The average molecular weight is 910 g/mol. The van der Waals surface area contributed by atoms with Crippen LogP contribution in [0.3, 0.4) is 0 Å². The van der Waals surface area contributed by atoms with E-state index in [2.05, 4.69) is 134 Å². The number of imide groups is 2. The Morgan fingerprint density at radius 2 is 1.63 bits per heavy atom. The van der Waals surface area contributed by atoms with Crippen molar-refractivity contribution >= 4 is 46.6 Å². The minimum Gasteiger partial charge on any atom is -1.00 e. The van der Waals surface area contributed by atoms with Crippen molar-refractivity contribution in [2.45, 2.75) is 83.1 Å². The molecule has 1 atom stereocenters. The Kier molecular flexibility index (Phi) is 13.1. The minimum absolute atomic E-state index is 0. The predicted molar refractivity (Wildman–Crippen MR) is 224 cm³/mol.